The molecule has 0 nitrogen and oxygen atoms in total. The van der Waals surface area contributed by atoms with Gasteiger partial charge in [0.05, 0.1) is 0 Å². The molecule has 3 rings (SSSR count). The van der Waals surface area contributed by atoms with Gasteiger partial charge in [0.25, 0.3) is 0 Å². The van der Waals surface area contributed by atoms with Crippen LogP contribution in [0.2, 0.25) is 0 Å². The van der Waals surface area contributed by atoms with Gasteiger partial charge in [-0.3, -0.25) is 0 Å². The molecular formula is C14H13BrSi. The molecule has 0 saturated heterocycles. The van der Waals surface area contributed by atoms with Crippen molar-refractivity contribution in [1.82, 2.24) is 0 Å². The highest BCUT2D eigenvalue weighted by Crippen LogP contribution is 2.37. The summed E-state index contributed by atoms with van der Waals surface area (Å²) in [5.41, 5.74) is -1.47. The van der Waals surface area contributed by atoms with Crippen LogP contribution in [0, 0.1) is 10.2 Å². The number of fused-ring (bicyclic) bond motifs is 2. The van der Waals surface area contributed by atoms with Gasteiger partial charge in [-0.2, -0.15) is 0 Å². The lowest BCUT2D eigenvalue weighted by molar-refractivity contribution is 0.645. The molecule has 0 N–H and O–H groups in total. The molecular weight excluding hydrogens is 276 g/mol. The van der Waals surface area contributed by atoms with Crippen LogP contribution in [-0.4, -0.2) is 9.13 Å². The second-order valence-corrected chi connectivity index (χ2v) is 6.49. The van der Waals surface area contributed by atoms with Gasteiger partial charge in [0.1, 0.15) is 0 Å². The number of hydrogen-bond acceptors (Lipinski definition) is 0. The molecule has 0 unspecified atom stereocenters. The van der Waals surface area contributed by atoms with Crippen LogP contribution in [0.3, 0.4) is 0 Å². The zero-order valence-electron chi connectivity index (χ0n) is 14.4. The van der Waals surface area contributed by atoms with Gasteiger partial charge in [-0.15, -0.1) is 0 Å². The molecule has 0 spiro atoms. The number of rotatable bonds is 0. The summed E-state index contributed by atoms with van der Waals surface area (Å²) in [6.07, 6.45) is 4.79. The maximum absolute atomic E-state index is 7.94. The normalized spacial score (nSPS) is 27.1. The van der Waals surface area contributed by atoms with Crippen molar-refractivity contribution in [2.45, 2.75) is 13.7 Å². The molecule has 2 heteroatoms. The predicted octanol–water partition coefficient (Wildman–Crippen LogP) is 2.78. The van der Waals surface area contributed by atoms with E-state index in [4.69, 9.17) is 8.22 Å². The van der Waals surface area contributed by atoms with Crippen molar-refractivity contribution in [1.29, 1.82) is 0 Å². The molecule has 0 fully saturated rings. The zero-order valence-corrected chi connectivity index (χ0v) is 11.2. The lowest BCUT2D eigenvalue weighted by Crippen LogP contribution is -2.20. The topological polar surface area (TPSA) is 0 Å². The van der Waals surface area contributed by atoms with Crippen LogP contribution in [0.5, 0.6) is 0 Å². The van der Waals surface area contributed by atoms with Crippen molar-refractivity contribution in [2.75, 3.05) is 0 Å². The Bertz CT molecular complexity index is 814. The van der Waals surface area contributed by atoms with E-state index in [1.807, 2.05) is 24.3 Å². The van der Waals surface area contributed by atoms with E-state index in [0.29, 0.717) is 5.57 Å². The van der Waals surface area contributed by atoms with Crippen molar-refractivity contribution < 1.29 is 8.22 Å². The third-order valence-corrected chi connectivity index (χ3v) is 4.97. The van der Waals surface area contributed by atoms with Crippen LogP contribution in [0.4, 0.5) is 0 Å². The molecule has 0 saturated carbocycles. The fourth-order valence-electron chi connectivity index (χ4n) is 2.23. The summed E-state index contributed by atoms with van der Waals surface area (Å²) >= 11 is 3.42. The minimum atomic E-state index is -2.64. The molecule has 1 aliphatic carbocycles. The summed E-state index contributed by atoms with van der Waals surface area (Å²) in [5, 5.41) is 1.63. The Kier molecular flexibility index (Phi) is 1.21. The third-order valence-electron chi connectivity index (χ3n) is 2.90. The maximum atomic E-state index is 7.94. The number of benzene rings is 1. The van der Waals surface area contributed by atoms with Gasteiger partial charge >= 0.3 is 0 Å². The van der Waals surface area contributed by atoms with Gasteiger partial charge in [-0.1, -0.05) is 53.9 Å². The minimum Gasteiger partial charge on any atom is -0.0745 e. The Labute approximate surface area is 114 Å². The molecule has 0 amide bonds. The molecule has 0 bridgehead atoms. The fourth-order valence-corrected chi connectivity index (χ4v) is 4.58. The number of allylic oxidation sites excluding steroid dienone is 4. The van der Waals surface area contributed by atoms with Crippen LogP contribution in [0.25, 0.3) is 5.57 Å². The van der Waals surface area contributed by atoms with Gasteiger partial charge in [-0.05, 0) is 32.9 Å². The van der Waals surface area contributed by atoms with Crippen LogP contribution >= 0.6 is 15.9 Å². The first-order valence-corrected chi connectivity index (χ1v) is 6.95. The summed E-state index contributed by atoms with van der Waals surface area (Å²) in [6, 6.07) is 5.62. The first-order valence-electron chi connectivity index (χ1n) is 8.00. The molecule has 80 valence electrons. The summed E-state index contributed by atoms with van der Waals surface area (Å²) in [4.78, 5) is 1.04. The summed E-state index contributed by atoms with van der Waals surface area (Å²) < 4.78 is 48.6. The quantitative estimate of drug-likeness (QED) is 0.646. The molecule has 1 aliphatic heterocycles. The summed E-state index contributed by atoms with van der Waals surface area (Å²) in [7, 11) is -0.296. The molecule has 1 heterocycles. The van der Waals surface area contributed by atoms with E-state index in [1.165, 1.54) is 6.08 Å². The smallest absolute Gasteiger partial charge is 0.0398 e. The zero-order chi connectivity index (χ0) is 16.3. The molecule has 0 atom stereocenters. The van der Waals surface area contributed by atoms with E-state index in [0.717, 1.165) is 19.7 Å². The Morgan fingerprint density at radius 1 is 1.38 bits per heavy atom. The van der Waals surface area contributed by atoms with Gasteiger partial charge in [0.2, 0.25) is 0 Å². The number of halogens is 1. The van der Waals surface area contributed by atoms with Crippen molar-refractivity contribution in [2.24, 2.45) is 5.41 Å². The highest BCUT2D eigenvalue weighted by Gasteiger charge is 2.27. The van der Waals surface area contributed by atoms with E-state index in [-0.39, 0.29) is 9.13 Å². The van der Waals surface area contributed by atoms with E-state index in [2.05, 4.69) is 15.9 Å². The Morgan fingerprint density at radius 2 is 2.25 bits per heavy atom. The minimum absolute atomic E-state index is 0.296. The standard InChI is InChI=1S/C14H13BrSi/c1-14(2)7-3-4-11-13(14)10-6-5-9(15)8-12(10)16-11/h3-8,16H,1-2H3/i1D3,2D3. The molecule has 0 radical (unpaired) electrons. The Hall–Kier alpha value is -0.733. The number of hydrogen-bond donors (Lipinski definition) is 0. The molecule has 1 aromatic carbocycles. The van der Waals surface area contributed by atoms with Crippen LogP contribution in [0.15, 0.2) is 46.1 Å². The van der Waals surface area contributed by atoms with Crippen molar-refractivity contribution >= 4 is 30.6 Å². The lowest BCUT2D eigenvalue weighted by Gasteiger charge is -2.26. The second kappa shape index (κ2) is 3.38. The van der Waals surface area contributed by atoms with Crippen molar-refractivity contribution in [3.63, 3.8) is 0 Å². The van der Waals surface area contributed by atoms with E-state index < -0.39 is 19.1 Å². The van der Waals surface area contributed by atoms with Crippen LogP contribution in [-0.2, 0) is 0 Å². The van der Waals surface area contributed by atoms with Crippen molar-refractivity contribution in [3.05, 3.63) is 56.1 Å². The average Bonchev–Trinajstić information content (AvgIpc) is 2.72. The highest BCUT2D eigenvalue weighted by molar-refractivity contribution is 9.10. The molecule has 1 aromatic rings. The predicted molar refractivity (Wildman–Crippen MR) is 74.2 cm³/mol. The SMILES string of the molecule is [2H]C([2H])([2H])C1(C([2H])([2H])[2H])C=CC=C2[SiH]=c3cc(Br)ccc3=C21. The van der Waals surface area contributed by atoms with E-state index in [1.54, 1.807) is 6.08 Å². The Balaban J connectivity index is 2.48. The van der Waals surface area contributed by atoms with Gasteiger partial charge in [-0.25, -0.2) is 0 Å². The average molecular weight is 295 g/mol. The first-order chi connectivity index (χ1) is 10.1. The second-order valence-electron chi connectivity index (χ2n) is 4.04. The molecule has 2 aliphatic rings. The van der Waals surface area contributed by atoms with Gasteiger partial charge < -0.3 is 0 Å². The largest absolute Gasteiger partial charge is 0.0745 e. The van der Waals surface area contributed by atoms with Crippen LogP contribution < -0.4 is 5.22 Å². The molecule has 0 aromatic heterocycles. The highest BCUT2D eigenvalue weighted by atomic mass is 79.9. The molecule has 16 heavy (non-hydrogen) atoms. The Morgan fingerprint density at radius 3 is 3.06 bits per heavy atom. The van der Waals surface area contributed by atoms with Crippen molar-refractivity contribution in [3.8, 4) is 0 Å². The van der Waals surface area contributed by atoms with Gasteiger partial charge in [0.15, 0.2) is 0 Å². The van der Waals surface area contributed by atoms with E-state index >= 15 is 0 Å². The third kappa shape index (κ3) is 1.44. The van der Waals surface area contributed by atoms with E-state index in [9.17, 15) is 0 Å². The maximum Gasteiger partial charge on any atom is 0.0398 e. The first kappa shape index (κ1) is 5.74. The van der Waals surface area contributed by atoms with Gasteiger partial charge in [0, 0.05) is 27.2 Å². The lowest BCUT2D eigenvalue weighted by atomic mass is 9.80. The summed E-state index contributed by atoms with van der Waals surface area (Å²) in [5.74, 6) is 0. The monoisotopic (exact) mass is 294 g/mol. The fraction of sp³-hybridized carbons (Fsp3) is 0.214. The summed E-state index contributed by atoms with van der Waals surface area (Å²) in [6.45, 7) is -5.28. The van der Waals surface area contributed by atoms with Crippen LogP contribution in [0.1, 0.15) is 21.9 Å².